The summed E-state index contributed by atoms with van der Waals surface area (Å²) in [5.74, 6) is -0.412. The summed E-state index contributed by atoms with van der Waals surface area (Å²) in [4.78, 5) is 4.81. The van der Waals surface area contributed by atoms with Crippen LogP contribution < -0.4 is 0 Å². The number of fused-ring (bicyclic) bond motifs is 1. The summed E-state index contributed by atoms with van der Waals surface area (Å²) in [5.41, 5.74) is 2.19. The van der Waals surface area contributed by atoms with Gasteiger partial charge < -0.3 is 0 Å². The summed E-state index contributed by atoms with van der Waals surface area (Å²) in [7, 11) is -3.72. The van der Waals surface area contributed by atoms with E-state index in [1.54, 1.807) is 30.3 Å². The summed E-state index contributed by atoms with van der Waals surface area (Å²) in [6.45, 7) is 0. The van der Waals surface area contributed by atoms with Crippen molar-refractivity contribution >= 4 is 32.8 Å². The molecule has 3 nitrogen and oxygen atoms in total. The van der Waals surface area contributed by atoms with E-state index in [1.807, 2.05) is 18.2 Å². The molecule has 3 aromatic carbocycles. The third-order valence-electron chi connectivity index (χ3n) is 4.61. The van der Waals surface area contributed by atoms with Crippen molar-refractivity contribution in [1.29, 1.82) is 0 Å². The molecule has 1 heterocycles. The molecule has 0 unspecified atom stereocenters. The molecular formula is C21H15ClFNO2S. The van der Waals surface area contributed by atoms with Crippen molar-refractivity contribution in [2.75, 3.05) is 0 Å². The van der Waals surface area contributed by atoms with Crippen molar-refractivity contribution in [3.05, 3.63) is 94.8 Å². The molecule has 1 atom stereocenters. The van der Waals surface area contributed by atoms with Gasteiger partial charge in [-0.05, 0) is 35.9 Å². The van der Waals surface area contributed by atoms with Gasteiger partial charge in [0.1, 0.15) is 5.82 Å². The normalized spacial score (nSPS) is 18.3. The average molecular weight is 400 g/mol. The average Bonchev–Trinajstić information content (AvgIpc) is 2.77. The van der Waals surface area contributed by atoms with Gasteiger partial charge >= 0.3 is 0 Å². The second-order valence-corrected chi connectivity index (χ2v) is 8.80. The third-order valence-corrected chi connectivity index (χ3v) is 7.08. The largest absolute Gasteiger partial charge is 0.251 e. The Kier molecular flexibility index (Phi) is 4.58. The lowest BCUT2D eigenvalue weighted by Crippen LogP contribution is -2.16. The number of hydrogen-bond donors (Lipinski definition) is 0. The minimum atomic E-state index is -3.72. The zero-order valence-electron chi connectivity index (χ0n) is 14.1. The predicted octanol–water partition coefficient (Wildman–Crippen LogP) is 5.52. The Balaban J connectivity index is 1.95. The molecule has 4 rings (SSSR count). The van der Waals surface area contributed by atoms with Gasteiger partial charge in [0, 0.05) is 17.0 Å². The van der Waals surface area contributed by atoms with Gasteiger partial charge in [0.25, 0.3) is 0 Å². The fraction of sp³-hybridized carbons (Fsp3) is 0.0952. The van der Waals surface area contributed by atoms with Gasteiger partial charge in [-0.25, -0.2) is 12.8 Å². The topological polar surface area (TPSA) is 46.5 Å². The van der Waals surface area contributed by atoms with Crippen molar-refractivity contribution < 1.29 is 12.8 Å². The van der Waals surface area contributed by atoms with E-state index < -0.39 is 20.9 Å². The van der Waals surface area contributed by atoms with Crippen molar-refractivity contribution in [2.45, 2.75) is 16.6 Å². The van der Waals surface area contributed by atoms with Crippen molar-refractivity contribution in [1.82, 2.24) is 0 Å². The summed E-state index contributed by atoms with van der Waals surface area (Å²) < 4.78 is 40.1. The second-order valence-electron chi connectivity index (χ2n) is 6.30. The maximum absolute atomic E-state index is 13.4. The van der Waals surface area contributed by atoms with Gasteiger partial charge in [-0.15, -0.1) is 0 Å². The SMILES string of the molecule is O=S1(=O)c2ccccc2N=C(c2ccccc2Cl)C[C@H]1c1ccc(F)cc1. The van der Waals surface area contributed by atoms with Crippen LogP contribution in [0.15, 0.2) is 82.7 Å². The molecule has 0 N–H and O–H groups in total. The van der Waals surface area contributed by atoms with E-state index >= 15 is 0 Å². The maximum Gasteiger partial charge on any atom is 0.187 e. The molecule has 0 radical (unpaired) electrons. The molecule has 0 saturated heterocycles. The van der Waals surface area contributed by atoms with Crippen molar-refractivity contribution in [2.24, 2.45) is 4.99 Å². The maximum atomic E-state index is 13.4. The van der Waals surface area contributed by atoms with Gasteiger partial charge in [-0.2, -0.15) is 0 Å². The highest BCUT2D eigenvalue weighted by molar-refractivity contribution is 7.91. The molecule has 6 heteroatoms. The van der Waals surface area contributed by atoms with Gasteiger partial charge in [0.15, 0.2) is 9.84 Å². The number of hydrogen-bond acceptors (Lipinski definition) is 3. The Labute approximate surface area is 162 Å². The van der Waals surface area contributed by atoms with Gasteiger partial charge in [0.05, 0.1) is 21.5 Å². The summed E-state index contributed by atoms with van der Waals surface area (Å²) >= 11 is 6.34. The van der Waals surface area contributed by atoms with Crippen LogP contribution >= 0.6 is 11.6 Å². The Morgan fingerprint density at radius 1 is 0.926 bits per heavy atom. The standard InChI is InChI=1S/C21H15ClFNO2S/c22-17-6-2-1-5-16(17)19-13-21(14-9-11-15(23)12-10-14)27(25,26)20-8-4-3-7-18(20)24-19/h1-12,21H,13H2/t21-/m0/s1. The number of sulfone groups is 1. The minimum absolute atomic E-state index is 0.145. The van der Waals surface area contributed by atoms with Crippen molar-refractivity contribution in [3.8, 4) is 0 Å². The molecule has 0 aliphatic carbocycles. The van der Waals surface area contributed by atoms with Crippen LogP contribution in [0, 0.1) is 5.82 Å². The van der Waals surface area contributed by atoms with Gasteiger partial charge in [-0.3, -0.25) is 4.99 Å². The number of nitrogens with zero attached hydrogens (tertiary/aromatic N) is 1. The predicted molar refractivity (Wildman–Crippen MR) is 105 cm³/mol. The van der Waals surface area contributed by atoms with E-state index in [1.165, 1.54) is 24.3 Å². The summed E-state index contributed by atoms with van der Waals surface area (Å²) in [6, 6.07) is 19.4. The quantitative estimate of drug-likeness (QED) is 0.569. The first-order chi connectivity index (χ1) is 13.0. The first-order valence-electron chi connectivity index (χ1n) is 8.37. The van der Waals surface area contributed by atoms with Crippen LogP contribution in [0.5, 0.6) is 0 Å². The molecule has 0 aromatic heterocycles. The fourth-order valence-electron chi connectivity index (χ4n) is 3.26. The smallest absolute Gasteiger partial charge is 0.187 e. The lowest BCUT2D eigenvalue weighted by molar-refractivity contribution is 0.583. The van der Waals surface area contributed by atoms with Gasteiger partial charge in [0.2, 0.25) is 0 Å². The molecule has 0 spiro atoms. The zero-order valence-corrected chi connectivity index (χ0v) is 15.7. The van der Waals surface area contributed by atoms with E-state index in [4.69, 9.17) is 11.6 Å². The molecule has 0 amide bonds. The van der Waals surface area contributed by atoms with Crippen LogP contribution in [0.3, 0.4) is 0 Å². The highest BCUT2D eigenvalue weighted by Gasteiger charge is 2.35. The molecule has 3 aromatic rings. The Morgan fingerprint density at radius 2 is 1.59 bits per heavy atom. The van der Waals surface area contributed by atoms with Gasteiger partial charge in [-0.1, -0.05) is 54.1 Å². The van der Waals surface area contributed by atoms with E-state index in [9.17, 15) is 12.8 Å². The number of rotatable bonds is 2. The van der Waals surface area contributed by atoms with Crippen LogP contribution in [0.2, 0.25) is 5.02 Å². The van der Waals surface area contributed by atoms with E-state index in [0.717, 1.165) is 0 Å². The van der Waals surface area contributed by atoms with E-state index in [0.29, 0.717) is 27.5 Å². The fourth-order valence-corrected chi connectivity index (χ4v) is 5.38. The van der Waals surface area contributed by atoms with Crippen molar-refractivity contribution in [3.63, 3.8) is 0 Å². The minimum Gasteiger partial charge on any atom is -0.251 e. The Morgan fingerprint density at radius 3 is 2.33 bits per heavy atom. The number of benzene rings is 3. The summed E-state index contributed by atoms with van der Waals surface area (Å²) in [6.07, 6.45) is 0.145. The summed E-state index contributed by atoms with van der Waals surface area (Å²) in [5, 5.41) is -0.373. The van der Waals surface area contributed by atoms with Crippen LogP contribution in [0.4, 0.5) is 10.1 Å². The molecule has 27 heavy (non-hydrogen) atoms. The Hall–Kier alpha value is -2.50. The van der Waals surface area contributed by atoms with E-state index in [2.05, 4.69) is 4.99 Å². The monoisotopic (exact) mass is 399 g/mol. The zero-order chi connectivity index (χ0) is 19.0. The number of halogens is 2. The number of aliphatic imine (C=N–C) groups is 1. The third kappa shape index (κ3) is 3.29. The molecular weight excluding hydrogens is 385 g/mol. The molecule has 136 valence electrons. The molecule has 0 fully saturated rings. The second kappa shape index (κ2) is 6.91. The first kappa shape index (κ1) is 17.9. The first-order valence-corrected chi connectivity index (χ1v) is 10.3. The van der Waals surface area contributed by atoms with Crippen LogP contribution in [0.25, 0.3) is 0 Å². The van der Waals surface area contributed by atoms with Crippen LogP contribution in [-0.2, 0) is 9.84 Å². The van der Waals surface area contributed by atoms with E-state index in [-0.39, 0.29) is 11.3 Å². The molecule has 1 aliphatic heterocycles. The Bertz CT molecular complexity index is 1140. The molecule has 1 aliphatic rings. The molecule has 0 saturated carbocycles. The van der Waals surface area contributed by atoms with Crippen LogP contribution in [-0.4, -0.2) is 14.1 Å². The number of para-hydroxylation sites is 1. The lowest BCUT2D eigenvalue weighted by atomic mass is 10.0. The highest BCUT2D eigenvalue weighted by Crippen LogP contribution is 2.41. The highest BCUT2D eigenvalue weighted by atomic mass is 35.5. The van der Waals surface area contributed by atoms with Crippen LogP contribution in [0.1, 0.15) is 22.8 Å². The lowest BCUT2D eigenvalue weighted by Gasteiger charge is -2.17. The molecule has 0 bridgehead atoms.